The summed E-state index contributed by atoms with van der Waals surface area (Å²) >= 11 is 0. The van der Waals surface area contributed by atoms with Crippen molar-refractivity contribution in [3.63, 3.8) is 0 Å². The number of aryl methyl sites for hydroxylation is 3. The molecule has 0 heterocycles. The van der Waals surface area contributed by atoms with E-state index in [-0.39, 0.29) is 11.8 Å². The van der Waals surface area contributed by atoms with Gasteiger partial charge in [0.15, 0.2) is 6.10 Å². The Kier molecular flexibility index (Phi) is 6.99. The number of carbonyl (C=O) groups is 2. The molecule has 27 heavy (non-hydrogen) atoms. The smallest absolute Gasteiger partial charge is 0.265 e. The number of benzene rings is 2. The van der Waals surface area contributed by atoms with E-state index in [1.54, 1.807) is 25.9 Å². The van der Waals surface area contributed by atoms with Crippen LogP contribution in [0.2, 0.25) is 0 Å². The van der Waals surface area contributed by atoms with Crippen LogP contribution in [0.3, 0.4) is 0 Å². The maximum Gasteiger partial charge on any atom is 0.265 e. The number of hydrogen-bond acceptors (Lipinski definition) is 3. The van der Waals surface area contributed by atoms with Gasteiger partial charge in [0.25, 0.3) is 5.91 Å². The van der Waals surface area contributed by atoms with E-state index in [4.69, 9.17) is 4.74 Å². The molecule has 0 aliphatic carbocycles. The van der Waals surface area contributed by atoms with Gasteiger partial charge in [-0.2, -0.15) is 0 Å². The van der Waals surface area contributed by atoms with E-state index < -0.39 is 6.10 Å². The molecule has 2 aromatic rings. The minimum atomic E-state index is -0.609. The van der Waals surface area contributed by atoms with Crippen molar-refractivity contribution >= 4 is 17.5 Å². The van der Waals surface area contributed by atoms with Crippen molar-refractivity contribution in [2.75, 3.05) is 19.4 Å². The molecule has 5 heteroatoms. The number of hydrogen-bond donors (Lipinski definition) is 1. The summed E-state index contributed by atoms with van der Waals surface area (Å²) in [7, 11) is 3.51. The zero-order valence-corrected chi connectivity index (χ0v) is 16.7. The maximum atomic E-state index is 12.4. The molecule has 0 bridgehead atoms. The minimum Gasteiger partial charge on any atom is -0.480 e. The second-order valence-corrected chi connectivity index (χ2v) is 6.96. The van der Waals surface area contributed by atoms with Crippen molar-refractivity contribution in [3.8, 4) is 5.75 Å². The molecule has 2 amide bonds. The van der Waals surface area contributed by atoms with E-state index in [0.29, 0.717) is 18.5 Å². The van der Waals surface area contributed by atoms with Crippen LogP contribution in [0.25, 0.3) is 0 Å². The summed E-state index contributed by atoms with van der Waals surface area (Å²) in [5.74, 6) is 0.652. The second-order valence-electron chi connectivity index (χ2n) is 6.96. The Morgan fingerprint density at radius 1 is 1.04 bits per heavy atom. The molecule has 0 fully saturated rings. The van der Waals surface area contributed by atoms with Crippen LogP contribution in [0.1, 0.15) is 30.0 Å². The molecule has 0 radical (unpaired) electrons. The Labute approximate surface area is 161 Å². The number of rotatable bonds is 7. The fourth-order valence-corrected chi connectivity index (χ4v) is 2.69. The van der Waals surface area contributed by atoms with Crippen molar-refractivity contribution in [2.24, 2.45) is 0 Å². The third kappa shape index (κ3) is 5.84. The van der Waals surface area contributed by atoms with E-state index in [1.807, 2.05) is 56.3 Å². The van der Waals surface area contributed by atoms with Gasteiger partial charge in [-0.05, 0) is 56.0 Å². The normalized spacial score (nSPS) is 11.6. The molecule has 0 aromatic heterocycles. The lowest BCUT2D eigenvalue weighted by atomic mass is 10.1. The number of carbonyl (C=O) groups excluding carboxylic acids is 2. The van der Waals surface area contributed by atoms with E-state index in [1.165, 1.54) is 0 Å². The quantitative estimate of drug-likeness (QED) is 0.810. The van der Waals surface area contributed by atoms with Crippen LogP contribution in [0.4, 0.5) is 5.69 Å². The van der Waals surface area contributed by atoms with Crippen molar-refractivity contribution in [3.05, 3.63) is 59.2 Å². The molecule has 0 aliphatic rings. The number of amides is 2. The lowest BCUT2D eigenvalue weighted by molar-refractivity contribution is -0.128. The third-order valence-electron chi connectivity index (χ3n) is 4.42. The molecule has 1 N–H and O–H groups in total. The monoisotopic (exact) mass is 368 g/mol. The number of anilines is 1. The summed E-state index contributed by atoms with van der Waals surface area (Å²) in [4.78, 5) is 25.7. The van der Waals surface area contributed by atoms with Crippen LogP contribution in [0, 0.1) is 13.8 Å². The number of nitrogens with one attached hydrogen (secondary N) is 1. The standard InChI is InChI=1S/C22H28N2O3/c1-15-7-6-8-16(2)21(15)27-17(3)22(26)23-19-12-9-18(10-13-19)11-14-20(25)24(4)5/h6-10,12-13,17H,11,14H2,1-5H3,(H,23,26). The first-order chi connectivity index (χ1) is 12.8. The van der Waals surface area contributed by atoms with Gasteiger partial charge >= 0.3 is 0 Å². The zero-order valence-electron chi connectivity index (χ0n) is 16.7. The predicted octanol–water partition coefficient (Wildman–Crippen LogP) is 3.73. The van der Waals surface area contributed by atoms with Crippen molar-refractivity contribution < 1.29 is 14.3 Å². The summed E-state index contributed by atoms with van der Waals surface area (Å²) in [5.41, 5.74) is 3.78. The predicted molar refractivity (Wildman–Crippen MR) is 108 cm³/mol. The Morgan fingerprint density at radius 2 is 1.63 bits per heavy atom. The Bertz CT molecular complexity index is 777. The highest BCUT2D eigenvalue weighted by Gasteiger charge is 2.17. The molecule has 144 valence electrons. The van der Waals surface area contributed by atoms with Crippen molar-refractivity contribution in [2.45, 2.75) is 39.7 Å². The summed E-state index contributed by atoms with van der Waals surface area (Å²) in [5, 5.41) is 2.87. The fraction of sp³-hybridized carbons (Fsp3) is 0.364. The topological polar surface area (TPSA) is 58.6 Å². The minimum absolute atomic E-state index is 0.102. The average Bonchev–Trinajstić information content (AvgIpc) is 2.63. The molecule has 2 aromatic carbocycles. The highest BCUT2D eigenvalue weighted by atomic mass is 16.5. The molecule has 0 saturated carbocycles. The average molecular weight is 368 g/mol. The largest absolute Gasteiger partial charge is 0.480 e. The van der Waals surface area contributed by atoms with Gasteiger partial charge in [-0.25, -0.2) is 0 Å². The molecule has 0 saturated heterocycles. The molecule has 5 nitrogen and oxygen atoms in total. The Balaban J connectivity index is 1.92. The van der Waals surface area contributed by atoms with Crippen LogP contribution >= 0.6 is 0 Å². The number of para-hydroxylation sites is 1. The van der Waals surface area contributed by atoms with Crippen LogP contribution in [-0.2, 0) is 16.0 Å². The van der Waals surface area contributed by atoms with Gasteiger partial charge < -0.3 is 15.0 Å². The molecular weight excluding hydrogens is 340 g/mol. The molecule has 0 aliphatic heterocycles. The summed E-state index contributed by atoms with van der Waals surface area (Å²) in [6.07, 6.45) is 0.540. The number of ether oxygens (including phenoxy) is 1. The highest BCUT2D eigenvalue weighted by molar-refractivity contribution is 5.94. The lowest BCUT2D eigenvalue weighted by Crippen LogP contribution is -2.30. The van der Waals surface area contributed by atoms with E-state index >= 15 is 0 Å². The van der Waals surface area contributed by atoms with E-state index in [2.05, 4.69) is 5.32 Å². The highest BCUT2D eigenvalue weighted by Crippen LogP contribution is 2.24. The first-order valence-corrected chi connectivity index (χ1v) is 9.10. The Hall–Kier alpha value is -2.82. The van der Waals surface area contributed by atoms with Gasteiger partial charge in [0.2, 0.25) is 5.91 Å². The fourth-order valence-electron chi connectivity index (χ4n) is 2.69. The van der Waals surface area contributed by atoms with E-state index in [0.717, 1.165) is 22.4 Å². The van der Waals surface area contributed by atoms with Crippen LogP contribution in [-0.4, -0.2) is 36.9 Å². The van der Waals surface area contributed by atoms with Gasteiger partial charge in [-0.15, -0.1) is 0 Å². The maximum absolute atomic E-state index is 12.4. The summed E-state index contributed by atoms with van der Waals surface area (Å²) in [6.45, 7) is 5.67. The van der Waals surface area contributed by atoms with Crippen LogP contribution in [0.15, 0.2) is 42.5 Å². The molecule has 1 atom stereocenters. The van der Waals surface area contributed by atoms with Gasteiger partial charge in [0.05, 0.1) is 0 Å². The third-order valence-corrected chi connectivity index (χ3v) is 4.42. The van der Waals surface area contributed by atoms with Crippen molar-refractivity contribution in [1.82, 2.24) is 4.90 Å². The van der Waals surface area contributed by atoms with Gasteiger partial charge in [0.1, 0.15) is 5.75 Å². The second kappa shape index (κ2) is 9.21. The van der Waals surface area contributed by atoms with Gasteiger partial charge in [-0.3, -0.25) is 9.59 Å². The van der Waals surface area contributed by atoms with Crippen molar-refractivity contribution in [1.29, 1.82) is 0 Å². The Morgan fingerprint density at radius 3 is 2.19 bits per heavy atom. The SMILES string of the molecule is Cc1cccc(C)c1OC(C)C(=O)Nc1ccc(CCC(=O)N(C)C)cc1. The summed E-state index contributed by atoms with van der Waals surface area (Å²) < 4.78 is 5.87. The first-order valence-electron chi connectivity index (χ1n) is 9.10. The first kappa shape index (κ1) is 20.5. The van der Waals surface area contributed by atoms with Crippen LogP contribution in [0.5, 0.6) is 5.75 Å². The zero-order chi connectivity index (χ0) is 20.0. The lowest BCUT2D eigenvalue weighted by Gasteiger charge is -2.18. The molecule has 1 unspecified atom stereocenters. The van der Waals surface area contributed by atoms with E-state index in [9.17, 15) is 9.59 Å². The van der Waals surface area contributed by atoms with Gasteiger partial charge in [-0.1, -0.05) is 30.3 Å². The van der Waals surface area contributed by atoms with Crippen LogP contribution < -0.4 is 10.1 Å². The molecular formula is C22H28N2O3. The molecule has 0 spiro atoms. The summed E-state index contributed by atoms with van der Waals surface area (Å²) in [6, 6.07) is 13.4. The molecule has 2 rings (SSSR count). The van der Waals surface area contributed by atoms with Gasteiger partial charge in [0, 0.05) is 26.2 Å². The number of nitrogens with zero attached hydrogens (tertiary/aromatic N) is 1.